The topological polar surface area (TPSA) is 29.9 Å². The maximum Gasteiger partial charge on any atom is 0.0796 e. The molecule has 0 fully saturated rings. The van der Waals surface area contributed by atoms with Crippen LogP contribution in [0.3, 0.4) is 0 Å². The molecule has 1 N–H and O–H groups in total. The highest BCUT2D eigenvalue weighted by Crippen LogP contribution is 2.33. The molecule has 0 radical (unpaired) electrons. The Bertz CT molecular complexity index is 573. The first-order valence-corrected chi connectivity index (χ1v) is 7.57. The Morgan fingerprint density at radius 3 is 2.80 bits per heavy atom. The van der Waals surface area contributed by atoms with Crippen molar-refractivity contribution in [1.29, 1.82) is 0 Å². The van der Waals surface area contributed by atoms with Crippen LogP contribution in [0.15, 0.2) is 36.5 Å². The van der Waals surface area contributed by atoms with Gasteiger partial charge in [0.15, 0.2) is 0 Å². The molecule has 3 nitrogen and oxygen atoms in total. The Balaban J connectivity index is 1.83. The fourth-order valence-corrected chi connectivity index (χ4v) is 3.34. The molecule has 1 heterocycles. The molecule has 2 unspecified atom stereocenters. The van der Waals surface area contributed by atoms with Crippen LogP contribution in [0.1, 0.15) is 36.2 Å². The summed E-state index contributed by atoms with van der Waals surface area (Å²) in [6, 6.07) is 11.4. The van der Waals surface area contributed by atoms with Crippen LogP contribution in [0, 0.1) is 5.92 Å². The predicted octanol–water partition coefficient (Wildman–Crippen LogP) is 2.88. The number of fused-ring (bicyclic) bond motifs is 1. The van der Waals surface area contributed by atoms with E-state index in [0.717, 1.165) is 13.0 Å². The molecule has 2 atom stereocenters. The van der Waals surface area contributed by atoms with E-state index in [1.165, 1.54) is 29.7 Å². The van der Waals surface area contributed by atoms with E-state index < -0.39 is 0 Å². The van der Waals surface area contributed by atoms with Crippen molar-refractivity contribution in [3.8, 4) is 0 Å². The summed E-state index contributed by atoms with van der Waals surface area (Å²) in [4.78, 5) is 0. The van der Waals surface area contributed by atoms with Crippen LogP contribution in [0.4, 0.5) is 0 Å². The molecule has 1 aliphatic rings. The molecule has 3 heteroatoms. The number of rotatable bonds is 4. The number of nitrogens with one attached hydrogen (secondary N) is 1. The van der Waals surface area contributed by atoms with Crippen molar-refractivity contribution in [2.75, 3.05) is 6.54 Å². The Hall–Kier alpha value is -1.61. The van der Waals surface area contributed by atoms with Gasteiger partial charge in [-0.2, -0.15) is 5.10 Å². The van der Waals surface area contributed by atoms with Crippen LogP contribution in [0.25, 0.3) is 0 Å². The maximum absolute atomic E-state index is 4.61. The lowest BCUT2D eigenvalue weighted by Crippen LogP contribution is -2.32. The fourth-order valence-electron chi connectivity index (χ4n) is 3.34. The number of hydrogen-bond donors (Lipinski definition) is 1. The minimum Gasteiger partial charge on any atom is -0.309 e. The van der Waals surface area contributed by atoms with E-state index in [1.54, 1.807) is 0 Å². The van der Waals surface area contributed by atoms with Crippen LogP contribution in [-0.4, -0.2) is 16.3 Å². The van der Waals surface area contributed by atoms with E-state index in [9.17, 15) is 0 Å². The molecule has 0 saturated heterocycles. The molecular formula is C17H23N3. The fraction of sp³-hybridized carbons (Fsp3) is 0.471. The van der Waals surface area contributed by atoms with Crippen molar-refractivity contribution >= 4 is 0 Å². The second-order valence-corrected chi connectivity index (χ2v) is 5.72. The first kappa shape index (κ1) is 13.4. The van der Waals surface area contributed by atoms with E-state index in [1.807, 2.05) is 17.9 Å². The van der Waals surface area contributed by atoms with Crippen molar-refractivity contribution in [3.05, 3.63) is 53.3 Å². The van der Waals surface area contributed by atoms with Crippen LogP contribution in [-0.2, 0) is 19.9 Å². The van der Waals surface area contributed by atoms with E-state index in [4.69, 9.17) is 0 Å². The lowest BCUT2D eigenvalue weighted by molar-refractivity contribution is 0.323. The summed E-state index contributed by atoms with van der Waals surface area (Å²) in [6.07, 6.45) is 5.63. The van der Waals surface area contributed by atoms with Crippen molar-refractivity contribution in [3.63, 3.8) is 0 Å². The largest absolute Gasteiger partial charge is 0.309 e. The summed E-state index contributed by atoms with van der Waals surface area (Å²) in [5.74, 6) is 0.639. The van der Waals surface area contributed by atoms with Gasteiger partial charge in [0.25, 0.3) is 0 Å². The van der Waals surface area contributed by atoms with E-state index in [0.29, 0.717) is 12.0 Å². The highest BCUT2D eigenvalue weighted by Gasteiger charge is 2.28. The molecule has 0 aliphatic heterocycles. The molecule has 1 aromatic heterocycles. The summed E-state index contributed by atoms with van der Waals surface area (Å²) in [5, 5.41) is 8.25. The predicted molar refractivity (Wildman–Crippen MR) is 81.6 cm³/mol. The van der Waals surface area contributed by atoms with Gasteiger partial charge in [-0.15, -0.1) is 0 Å². The summed E-state index contributed by atoms with van der Waals surface area (Å²) < 4.78 is 1.90. The lowest BCUT2D eigenvalue weighted by Gasteiger charge is -2.31. The number of benzene rings is 1. The molecule has 3 rings (SSSR count). The van der Waals surface area contributed by atoms with E-state index >= 15 is 0 Å². The monoisotopic (exact) mass is 269 g/mol. The van der Waals surface area contributed by atoms with Crippen molar-refractivity contribution in [2.45, 2.75) is 32.2 Å². The van der Waals surface area contributed by atoms with Gasteiger partial charge < -0.3 is 5.32 Å². The van der Waals surface area contributed by atoms with Crippen molar-refractivity contribution in [2.24, 2.45) is 13.0 Å². The second-order valence-electron chi connectivity index (χ2n) is 5.72. The average molecular weight is 269 g/mol. The molecule has 2 aromatic rings. The van der Waals surface area contributed by atoms with Crippen LogP contribution in [0.2, 0.25) is 0 Å². The number of aryl methyl sites for hydroxylation is 2. The van der Waals surface area contributed by atoms with Gasteiger partial charge in [-0.25, -0.2) is 0 Å². The van der Waals surface area contributed by atoms with Gasteiger partial charge >= 0.3 is 0 Å². The average Bonchev–Trinajstić information content (AvgIpc) is 2.90. The summed E-state index contributed by atoms with van der Waals surface area (Å²) in [7, 11) is 1.99. The SMILES string of the molecule is CCNC(c1ccn(C)n1)C1CCc2ccccc2C1. The smallest absolute Gasteiger partial charge is 0.0796 e. The third-order valence-corrected chi connectivity index (χ3v) is 4.33. The second kappa shape index (κ2) is 5.80. The summed E-state index contributed by atoms with van der Waals surface area (Å²) >= 11 is 0. The maximum atomic E-state index is 4.61. The molecule has 0 spiro atoms. The third kappa shape index (κ3) is 2.63. The molecule has 1 aliphatic carbocycles. The number of aromatic nitrogens is 2. The zero-order valence-electron chi connectivity index (χ0n) is 12.3. The van der Waals surface area contributed by atoms with E-state index in [2.05, 4.69) is 47.7 Å². The molecule has 20 heavy (non-hydrogen) atoms. The summed E-state index contributed by atoms with van der Waals surface area (Å²) in [6.45, 7) is 3.16. The van der Waals surface area contributed by atoms with Gasteiger partial charge in [-0.3, -0.25) is 4.68 Å². The highest BCUT2D eigenvalue weighted by atomic mass is 15.3. The normalized spacial score (nSPS) is 19.6. The Labute approximate surface area is 121 Å². The Morgan fingerprint density at radius 2 is 2.10 bits per heavy atom. The van der Waals surface area contributed by atoms with E-state index in [-0.39, 0.29) is 0 Å². The zero-order chi connectivity index (χ0) is 13.9. The third-order valence-electron chi connectivity index (χ3n) is 4.33. The molecule has 0 amide bonds. The lowest BCUT2D eigenvalue weighted by atomic mass is 9.79. The van der Waals surface area contributed by atoms with Crippen LogP contribution >= 0.6 is 0 Å². The van der Waals surface area contributed by atoms with Gasteiger partial charge in [0.05, 0.1) is 11.7 Å². The molecule has 1 aromatic carbocycles. The van der Waals surface area contributed by atoms with Gasteiger partial charge in [0.1, 0.15) is 0 Å². The van der Waals surface area contributed by atoms with Gasteiger partial charge in [0.2, 0.25) is 0 Å². The Kier molecular flexibility index (Phi) is 3.88. The highest BCUT2D eigenvalue weighted by molar-refractivity contribution is 5.30. The minimum absolute atomic E-state index is 0.370. The first-order valence-electron chi connectivity index (χ1n) is 7.57. The molecular weight excluding hydrogens is 246 g/mol. The van der Waals surface area contributed by atoms with Crippen LogP contribution in [0.5, 0.6) is 0 Å². The quantitative estimate of drug-likeness (QED) is 0.925. The number of nitrogens with zero attached hydrogens (tertiary/aromatic N) is 2. The molecule has 0 bridgehead atoms. The summed E-state index contributed by atoms with van der Waals surface area (Å²) in [5.41, 5.74) is 4.22. The standard InChI is InChI=1S/C17H23N3/c1-3-18-17(16-10-11-20(2)19-16)15-9-8-13-6-4-5-7-14(13)12-15/h4-7,10-11,15,17-18H,3,8-9,12H2,1-2H3. The van der Waals surface area contributed by atoms with Gasteiger partial charge in [-0.1, -0.05) is 31.2 Å². The minimum atomic E-state index is 0.370. The number of hydrogen-bond acceptors (Lipinski definition) is 2. The Morgan fingerprint density at radius 1 is 1.30 bits per heavy atom. The molecule has 106 valence electrons. The van der Waals surface area contributed by atoms with Crippen LogP contribution < -0.4 is 5.32 Å². The van der Waals surface area contributed by atoms with Crippen molar-refractivity contribution in [1.82, 2.24) is 15.1 Å². The zero-order valence-corrected chi connectivity index (χ0v) is 12.3. The van der Waals surface area contributed by atoms with Gasteiger partial charge in [-0.05, 0) is 48.9 Å². The van der Waals surface area contributed by atoms with Crippen molar-refractivity contribution < 1.29 is 0 Å². The first-order chi connectivity index (χ1) is 9.78. The van der Waals surface area contributed by atoms with Gasteiger partial charge in [0, 0.05) is 13.2 Å². The molecule has 0 saturated carbocycles.